The fourth-order valence-corrected chi connectivity index (χ4v) is 3.92. The van der Waals surface area contributed by atoms with E-state index in [2.05, 4.69) is 5.32 Å². The van der Waals surface area contributed by atoms with Gasteiger partial charge in [-0.15, -0.1) is 0 Å². The molecule has 0 radical (unpaired) electrons. The van der Waals surface area contributed by atoms with Crippen LogP contribution >= 0.6 is 0 Å². The predicted molar refractivity (Wildman–Crippen MR) is 114 cm³/mol. The summed E-state index contributed by atoms with van der Waals surface area (Å²) in [6, 6.07) is 11.3. The zero-order valence-corrected chi connectivity index (χ0v) is 18.0. The van der Waals surface area contributed by atoms with Crippen molar-refractivity contribution in [1.82, 2.24) is 9.80 Å². The molecule has 2 atom stereocenters. The lowest BCUT2D eigenvalue weighted by Crippen LogP contribution is -2.57. The quantitative estimate of drug-likeness (QED) is 0.755. The molecule has 1 saturated heterocycles. The van der Waals surface area contributed by atoms with Gasteiger partial charge in [0.1, 0.15) is 6.61 Å². The second kappa shape index (κ2) is 9.30. The standard InChI is InChI=1S/C23H24F3N3O4/c1-15(21(30)27-17-7-3-2-6-16(17)23(24,25)26)28-10-12-29(13-11-28)22(31)20-14-32-18-8-4-5-9-19(18)33-20/h2-9,15,20H,10-14H2,1H3,(H,27,30)/t15-,20+/m0/s1. The lowest BCUT2D eigenvalue weighted by molar-refractivity contribution is -0.143. The molecule has 0 aliphatic carbocycles. The molecule has 2 aliphatic heterocycles. The normalized spacial score (nSPS) is 19.6. The molecule has 0 aromatic heterocycles. The number of halogens is 3. The third-order valence-corrected chi connectivity index (χ3v) is 5.83. The molecule has 176 valence electrons. The van der Waals surface area contributed by atoms with Crippen LogP contribution in [0.25, 0.3) is 0 Å². The molecule has 4 rings (SSSR count). The number of amides is 2. The molecule has 0 bridgehead atoms. The van der Waals surface area contributed by atoms with Crippen molar-refractivity contribution in [2.24, 2.45) is 0 Å². The van der Waals surface area contributed by atoms with Crippen LogP contribution in [0.4, 0.5) is 18.9 Å². The number of carbonyl (C=O) groups excluding carboxylic acids is 2. The Bertz CT molecular complexity index is 1020. The van der Waals surface area contributed by atoms with Crippen LogP contribution in [-0.4, -0.2) is 66.5 Å². The van der Waals surface area contributed by atoms with Crippen LogP contribution in [-0.2, 0) is 15.8 Å². The summed E-state index contributed by atoms with van der Waals surface area (Å²) >= 11 is 0. The Labute approximate surface area is 189 Å². The van der Waals surface area contributed by atoms with Crippen molar-refractivity contribution >= 4 is 17.5 Å². The molecule has 10 heteroatoms. The van der Waals surface area contributed by atoms with Crippen LogP contribution in [0.2, 0.25) is 0 Å². The second-order valence-electron chi connectivity index (χ2n) is 7.93. The molecule has 2 aliphatic rings. The van der Waals surface area contributed by atoms with E-state index >= 15 is 0 Å². The van der Waals surface area contributed by atoms with Crippen LogP contribution in [0.3, 0.4) is 0 Å². The monoisotopic (exact) mass is 463 g/mol. The highest BCUT2D eigenvalue weighted by molar-refractivity contribution is 5.95. The largest absolute Gasteiger partial charge is 0.485 e. The first kappa shape index (κ1) is 22.9. The van der Waals surface area contributed by atoms with Gasteiger partial charge in [0.05, 0.1) is 17.3 Å². The predicted octanol–water partition coefficient (Wildman–Crippen LogP) is 3.02. The van der Waals surface area contributed by atoms with E-state index in [1.807, 2.05) is 11.0 Å². The van der Waals surface area contributed by atoms with Gasteiger partial charge in [-0.25, -0.2) is 0 Å². The Morgan fingerprint density at radius 3 is 2.33 bits per heavy atom. The Balaban J connectivity index is 1.32. The number of anilines is 1. The number of nitrogens with one attached hydrogen (secondary N) is 1. The van der Waals surface area contributed by atoms with E-state index in [0.717, 1.165) is 6.07 Å². The molecule has 0 unspecified atom stereocenters. The number of benzene rings is 2. The number of ether oxygens (including phenoxy) is 2. The summed E-state index contributed by atoms with van der Waals surface area (Å²) in [6.45, 7) is 3.32. The third-order valence-electron chi connectivity index (χ3n) is 5.83. The van der Waals surface area contributed by atoms with Crippen molar-refractivity contribution in [3.63, 3.8) is 0 Å². The Morgan fingerprint density at radius 2 is 1.64 bits per heavy atom. The minimum absolute atomic E-state index is 0.119. The summed E-state index contributed by atoms with van der Waals surface area (Å²) in [5, 5.41) is 2.39. The molecular weight excluding hydrogens is 439 g/mol. The summed E-state index contributed by atoms with van der Waals surface area (Å²) in [5.74, 6) is 0.385. The van der Waals surface area contributed by atoms with Crippen molar-refractivity contribution in [3.05, 3.63) is 54.1 Å². The number of para-hydroxylation sites is 3. The van der Waals surface area contributed by atoms with Gasteiger partial charge in [-0.1, -0.05) is 24.3 Å². The summed E-state index contributed by atoms with van der Waals surface area (Å²) in [7, 11) is 0. The van der Waals surface area contributed by atoms with Gasteiger partial charge in [0, 0.05) is 26.2 Å². The topological polar surface area (TPSA) is 71.1 Å². The number of rotatable bonds is 4. The van der Waals surface area contributed by atoms with E-state index < -0.39 is 29.8 Å². The first-order valence-corrected chi connectivity index (χ1v) is 10.6. The maximum atomic E-state index is 13.2. The van der Waals surface area contributed by atoms with Gasteiger partial charge in [-0.05, 0) is 31.2 Å². The minimum atomic E-state index is -4.56. The highest BCUT2D eigenvalue weighted by Crippen LogP contribution is 2.35. The first-order valence-electron chi connectivity index (χ1n) is 10.6. The zero-order chi connectivity index (χ0) is 23.6. The van der Waals surface area contributed by atoms with E-state index in [0.29, 0.717) is 37.7 Å². The molecule has 2 heterocycles. The Morgan fingerprint density at radius 1 is 1.00 bits per heavy atom. The van der Waals surface area contributed by atoms with E-state index in [9.17, 15) is 22.8 Å². The summed E-state index contributed by atoms with van der Waals surface area (Å²) in [4.78, 5) is 29.0. The van der Waals surface area contributed by atoms with Crippen LogP contribution in [0, 0.1) is 0 Å². The fraction of sp³-hybridized carbons (Fsp3) is 0.391. The number of nitrogens with zero attached hydrogens (tertiary/aromatic N) is 2. The third kappa shape index (κ3) is 5.05. The number of piperazine rings is 1. The van der Waals surface area contributed by atoms with Gasteiger partial charge in [-0.3, -0.25) is 14.5 Å². The molecule has 1 fully saturated rings. The number of hydrogen-bond donors (Lipinski definition) is 1. The minimum Gasteiger partial charge on any atom is -0.485 e. The van der Waals surface area contributed by atoms with E-state index in [4.69, 9.17) is 9.47 Å². The van der Waals surface area contributed by atoms with Crippen molar-refractivity contribution in [3.8, 4) is 11.5 Å². The van der Waals surface area contributed by atoms with Gasteiger partial charge in [0.15, 0.2) is 11.5 Å². The summed E-state index contributed by atoms with van der Waals surface area (Å²) in [5.41, 5.74) is -1.16. The van der Waals surface area contributed by atoms with Gasteiger partial charge in [0.2, 0.25) is 12.0 Å². The number of carbonyl (C=O) groups is 2. The van der Waals surface area contributed by atoms with Crippen molar-refractivity contribution < 1.29 is 32.2 Å². The molecule has 0 saturated carbocycles. The van der Waals surface area contributed by atoms with E-state index in [1.165, 1.54) is 18.2 Å². The molecule has 2 aromatic carbocycles. The lowest BCUT2D eigenvalue weighted by Gasteiger charge is -2.39. The average molecular weight is 463 g/mol. The number of alkyl halides is 3. The summed E-state index contributed by atoms with van der Waals surface area (Å²) in [6.07, 6.45) is -5.31. The van der Waals surface area contributed by atoms with Gasteiger partial charge >= 0.3 is 6.18 Å². The number of hydrogen-bond acceptors (Lipinski definition) is 5. The molecule has 1 N–H and O–H groups in total. The van der Waals surface area contributed by atoms with Gasteiger partial charge < -0.3 is 19.7 Å². The van der Waals surface area contributed by atoms with Crippen LogP contribution in [0.15, 0.2) is 48.5 Å². The van der Waals surface area contributed by atoms with Crippen LogP contribution in [0.5, 0.6) is 11.5 Å². The van der Waals surface area contributed by atoms with Gasteiger partial charge in [-0.2, -0.15) is 13.2 Å². The van der Waals surface area contributed by atoms with Gasteiger partial charge in [0.25, 0.3) is 5.91 Å². The zero-order valence-electron chi connectivity index (χ0n) is 18.0. The maximum absolute atomic E-state index is 13.2. The molecule has 2 amide bonds. The van der Waals surface area contributed by atoms with Crippen molar-refractivity contribution in [2.45, 2.75) is 25.2 Å². The molecule has 7 nitrogen and oxygen atoms in total. The number of fused-ring (bicyclic) bond motifs is 1. The van der Waals surface area contributed by atoms with E-state index in [-0.39, 0.29) is 18.2 Å². The average Bonchev–Trinajstić information content (AvgIpc) is 2.82. The lowest BCUT2D eigenvalue weighted by atomic mass is 10.1. The molecule has 2 aromatic rings. The summed E-state index contributed by atoms with van der Waals surface area (Å²) < 4.78 is 51.0. The second-order valence-corrected chi connectivity index (χ2v) is 7.93. The SMILES string of the molecule is C[C@@H](C(=O)Nc1ccccc1C(F)(F)F)N1CCN(C(=O)[C@H]2COc3ccccc3O2)CC1. The molecular formula is C23H24F3N3O4. The van der Waals surface area contributed by atoms with Crippen molar-refractivity contribution in [2.75, 3.05) is 38.1 Å². The smallest absolute Gasteiger partial charge is 0.418 e. The fourth-order valence-electron chi connectivity index (χ4n) is 3.92. The highest BCUT2D eigenvalue weighted by atomic mass is 19.4. The Hall–Kier alpha value is -3.27. The highest BCUT2D eigenvalue weighted by Gasteiger charge is 2.36. The van der Waals surface area contributed by atoms with E-state index in [1.54, 1.807) is 30.0 Å². The molecule has 0 spiro atoms. The maximum Gasteiger partial charge on any atom is 0.418 e. The van der Waals surface area contributed by atoms with Crippen LogP contribution in [0.1, 0.15) is 12.5 Å². The van der Waals surface area contributed by atoms with Crippen LogP contribution < -0.4 is 14.8 Å². The molecule has 33 heavy (non-hydrogen) atoms. The Kier molecular flexibility index (Phi) is 6.46. The first-order chi connectivity index (χ1) is 15.7. The van der Waals surface area contributed by atoms with Crippen molar-refractivity contribution in [1.29, 1.82) is 0 Å².